The maximum Gasteiger partial charge on any atom is 0.322 e. The predicted molar refractivity (Wildman–Crippen MR) is 79.3 cm³/mol. The molecule has 0 spiro atoms. The molecule has 0 bridgehead atoms. The Labute approximate surface area is 126 Å². The van der Waals surface area contributed by atoms with Gasteiger partial charge in [0.05, 0.1) is 22.7 Å². The molecular formula is C12H13Cl3N2O2. The average molecular weight is 324 g/mol. The summed E-state index contributed by atoms with van der Waals surface area (Å²) in [7, 11) is 1.31. The van der Waals surface area contributed by atoms with Gasteiger partial charge in [0.2, 0.25) is 0 Å². The fraction of sp³-hybridized carbons (Fsp3) is 0.250. The highest BCUT2D eigenvalue weighted by molar-refractivity contribution is 6.40. The van der Waals surface area contributed by atoms with Gasteiger partial charge in [-0.25, -0.2) is 0 Å². The van der Waals surface area contributed by atoms with Crippen molar-refractivity contribution in [2.45, 2.75) is 12.5 Å². The zero-order valence-electron chi connectivity index (χ0n) is 10.1. The lowest BCUT2D eigenvalue weighted by atomic mass is 10.1. The highest BCUT2D eigenvalue weighted by atomic mass is 35.5. The van der Waals surface area contributed by atoms with Crippen molar-refractivity contribution in [1.82, 2.24) is 4.98 Å². The number of aromatic nitrogens is 1. The van der Waals surface area contributed by atoms with Crippen molar-refractivity contribution in [2.24, 2.45) is 5.73 Å². The number of rotatable bonds is 3. The second kappa shape index (κ2) is 6.48. The molecule has 3 N–H and O–H groups in total. The van der Waals surface area contributed by atoms with E-state index in [1.165, 1.54) is 7.11 Å². The van der Waals surface area contributed by atoms with Gasteiger partial charge in [-0.05, 0) is 17.7 Å². The average Bonchev–Trinajstić information content (AvgIpc) is 2.78. The van der Waals surface area contributed by atoms with E-state index < -0.39 is 12.0 Å². The molecule has 4 nitrogen and oxygen atoms in total. The van der Waals surface area contributed by atoms with E-state index >= 15 is 0 Å². The van der Waals surface area contributed by atoms with Gasteiger partial charge in [-0.15, -0.1) is 12.4 Å². The number of halogens is 3. The first-order valence-electron chi connectivity index (χ1n) is 5.32. The maximum atomic E-state index is 11.3. The summed E-state index contributed by atoms with van der Waals surface area (Å²) in [5.74, 6) is -0.456. The van der Waals surface area contributed by atoms with Crippen molar-refractivity contribution >= 4 is 52.5 Å². The van der Waals surface area contributed by atoms with E-state index in [1.807, 2.05) is 0 Å². The molecule has 0 amide bonds. The van der Waals surface area contributed by atoms with Crippen LogP contribution in [0.1, 0.15) is 5.56 Å². The molecule has 1 aromatic heterocycles. The SMILES string of the molecule is COC(=O)C(N)Cc1c[nH]c2c(Cl)ccc(Cl)c12.Cl. The third kappa shape index (κ3) is 3.15. The van der Waals surface area contributed by atoms with E-state index in [0.29, 0.717) is 16.5 Å². The van der Waals surface area contributed by atoms with Gasteiger partial charge in [-0.1, -0.05) is 23.2 Å². The van der Waals surface area contributed by atoms with Crippen LogP contribution in [-0.2, 0) is 16.0 Å². The van der Waals surface area contributed by atoms with Crippen molar-refractivity contribution in [1.29, 1.82) is 0 Å². The molecule has 0 radical (unpaired) electrons. The van der Waals surface area contributed by atoms with E-state index in [9.17, 15) is 4.79 Å². The lowest BCUT2D eigenvalue weighted by molar-refractivity contribution is -0.142. The number of carbonyl (C=O) groups excluding carboxylic acids is 1. The summed E-state index contributed by atoms with van der Waals surface area (Å²) >= 11 is 12.2. The van der Waals surface area contributed by atoms with Gasteiger partial charge in [0, 0.05) is 18.0 Å². The highest BCUT2D eigenvalue weighted by Crippen LogP contribution is 2.32. The number of nitrogens with one attached hydrogen (secondary N) is 1. The van der Waals surface area contributed by atoms with Crippen LogP contribution in [0.25, 0.3) is 10.9 Å². The predicted octanol–water partition coefficient (Wildman–Crippen LogP) is 2.94. The van der Waals surface area contributed by atoms with Crippen molar-refractivity contribution in [3.05, 3.63) is 33.9 Å². The van der Waals surface area contributed by atoms with Crippen LogP contribution in [-0.4, -0.2) is 24.1 Å². The standard InChI is InChI=1S/C12H12Cl2N2O2.ClH/c1-18-12(17)9(15)4-6-5-16-11-8(14)3-2-7(13)10(6)11;/h2-3,5,9,16H,4,15H2,1H3;1H. The first-order chi connectivity index (χ1) is 8.54. The molecule has 1 aromatic carbocycles. The summed E-state index contributed by atoms with van der Waals surface area (Å²) < 4.78 is 4.59. The van der Waals surface area contributed by atoms with Gasteiger partial charge in [0.25, 0.3) is 0 Å². The van der Waals surface area contributed by atoms with Crippen LogP contribution in [0.2, 0.25) is 10.0 Å². The van der Waals surface area contributed by atoms with Crippen LogP contribution >= 0.6 is 35.6 Å². The van der Waals surface area contributed by atoms with Gasteiger partial charge in [-0.3, -0.25) is 4.79 Å². The van der Waals surface area contributed by atoms with Crippen LogP contribution in [0.5, 0.6) is 0 Å². The van der Waals surface area contributed by atoms with Crippen LogP contribution in [0.15, 0.2) is 18.3 Å². The minimum atomic E-state index is -0.718. The Hall–Kier alpha value is -0.940. The topological polar surface area (TPSA) is 68.1 Å². The number of hydrogen-bond donors (Lipinski definition) is 2. The minimum absolute atomic E-state index is 0. The zero-order valence-corrected chi connectivity index (χ0v) is 12.4. The van der Waals surface area contributed by atoms with Crippen LogP contribution < -0.4 is 5.73 Å². The Kier molecular flexibility index (Phi) is 5.50. The summed E-state index contributed by atoms with van der Waals surface area (Å²) in [6.45, 7) is 0. The van der Waals surface area contributed by atoms with Crippen LogP contribution in [0.4, 0.5) is 0 Å². The third-order valence-corrected chi connectivity index (χ3v) is 3.39. The first-order valence-corrected chi connectivity index (χ1v) is 6.07. The molecule has 19 heavy (non-hydrogen) atoms. The Morgan fingerprint density at radius 2 is 2.05 bits per heavy atom. The number of esters is 1. The maximum absolute atomic E-state index is 11.3. The smallest absolute Gasteiger partial charge is 0.322 e. The number of carbonyl (C=O) groups is 1. The molecule has 1 unspecified atom stereocenters. The van der Waals surface area contributed by atoms with Crippen molar-refractivity contribution in [2.75, 3.05) is 7.11 Å². The van der Waals surface area contributed by atoms with Crippen molar-refractivity contribution in [3.63, 3.8) is 0 Å². The number of aromatic amines is 1. The van der Waals surface area contributed by atoms with E-state index in [2.05, 4.69) is 9.72 Å². The molecule has 7 heteroatoms. The third-order valence-electron chi connectivity index (χ3n) is 2.76. The molecule has 0 saturated carbocycles. The van der Waals surface area contributed by atoms with E-state index in [1.54, 1.807) is 18.3 Å². The number of H-pyrrole nitrogens is 1. The lowest BCUT2D eigenvalue weighted by Crippen LogP contribution is -2.33. The molecule has 1 atom stereocenters. The number of nitrogens with two attached hydrogens (primary N) is 1. The molecule has 0 aliphatic heterocycles. The zero-order chi connectivity index (χ0) is 13.3. The molecular weight excluding hydrogens is 311 g/mol. The van der Waals surface area contributed by atoms with Gasteiger partial charge >= 0.3 is 5.97 Å². The quantitative estimate of drug-likeness (QED) is 0.853. The Balaban J connectivity index is 0.00000180. The monoisotopic (exact) mass is 322 g/mol. The summed E-state index contributed by atoms with van der Waals surface area (Å²) in [4.78, 5) is 14.3. The van der Waals surface area contributed by atoms with Crippen LogP contribution in [0, 0.1) is 0 Å². The van der Waals surface area contributed by atoms with Gasteiger partial charge in [0.1, 0.15) is 6.04 Å². The fourth-order valence-corrected chi connectivity index (χ4v) is 2.36. The number of ether oxygens (including phenoxy) is 1. The Morgan fingerprint density at radius 3 is 2.68 bits per heavy atom. The lowest BCUT2D eigenvalue weighted by Gasteiger charge is -2.08. The van der Waals surface area contributed by atoms with E-state index in [4.69, 9.17) is 28.9 Å². The normalized spacial score (nSPS) is 12.0. The van der Waals surface area contributed by atoms with Crippen molar-refractivity contribution < 1.29 is 9.53 Å². The van der Waals surface area contributed by atoms with Gasteiger partial charge < -0.3 is 15.5 Å². The summed E-state index contributed by atoms with van der Waals surface area (Å²) in [6, 6.07) is 2.71. The number of fused-ring (bicyclic) bond motifs is 1. The second-order valence-corrected chi connectivity index (χ2v) is 4.74. The minimum Gasteiger partial charge on any atom is -0.468 e. The number of methoxy groups -OCH3 is 1. The van der Waals surface area contributed by atoms with Crippen LogP contribution in [0.3, 0.4) is 0 Å². The molecule has 0 saturated heterocycles. The molecule has 0 aliphatic carbocycles. The summed E-state index contributed by atoms with van der Waals surface area (Å²) in [6.07, 6.45) is 2.10. The highest BCUT2D eigenvalue weighted by Gasteiger charge is 2.18. The molecule has 2 rings (SSSR count). The fourth-order valence-electron chi connectivity index (χ4n) is 1.87. The van der Waals surface area contributed by atoms with Crippen molar-refractivity contribution in [3.8, 4) is 0 Å². The molecule has 104 valence electrons. The van der Waals surface area contributed by atoms with E-state index in [-0.39, 0.29) is 12.4 Å². The molecule has 0 fully saturated rings. The van der Waals surface area contributed by atoms with E-state index in [0.717, 1.165) is 16.5 Å². The molecule has 1 heterocycles. The number of hydrogen-bond acceptors (Lipinski definition) is 3. The Morgan fingerprint density at radius 1 is 1.42 bits per heavy atom. The number of benzene rings is 1. The van der Waals surface area contributed by atoms with Gasteiger partial charge in [0.15, 0.2) is 0 Å². The largest absolute Gasteiger partial charge is 0.468 e. The summed E-state index contributed by atoms with van der Waals surface area (Å²) in [5, 5.41) is 1.94. The summed E-state index contributed by atoms with van der Waals surface area (Å²) in [5.41, 5.74) is 7.32. The second-order valence-electron chi connectivity index (χ2n) is 3.93. The first kappa shape index (κ1) is 16.1. The molecule has 0 aliphatic rings. The van der Waals surface area contributed by atoms with Gasteiger partial charge in [-0.2, -0.15) is 0 Å². The Bertz CT molecular complexity index is 598. The molecule has 2 aromatic rings.